The second-order valence-corrected chi connectivity index (χ2v) is 6.87. The Morgan fingerprint density at radius 1 is 1.20 bits per heavy atom. The summed E-state index contributed by atoms with van der Waals surface area (Å²) in [6.45, 7) is 2.05. The van der Waals surface area contributed by atoms with Crippen LogP contribution in [0.1, 0.15) is 27.2 Å². The van der Waals surface area contributed by atoms with Gasteiger partial charge in [-0.3, -0.25) is 4.79 Å². The van der Waals surface area contributed by atoms with Crippen LogP contribution in [-0.2, 0) is 19.5 Å². The van der Waals surface area contributed by atoms with Crippen LogP contribution in [0.5, 0.6) is 0 Å². The summed E-state index contributed by atoms with van der Waals surface area (Å²) >= 11 is 6.40. The largest absolute Gasteiger partial charge is 0.451 e. The number of halogens is 1. The Bertz CT molecular complexity index is 934. The zero-order valence-corrected chi connectivity index (χ0v) is 14.8. The third kappa shape index (κ3) is 3.03. The number of carbonyl (C=O) groups is 1. The molecule has 128 valence electrons. The molecule has 0 saturated heterocycles. The summed E-state index contributed by atoms with van der Waals surface area (Å²) in [5.74, 6) is 0.204. The van der Waals surface area contributed by atoms with E-state index in [0.717, 1.165) is 45.6 Å². The van der Waals surface area contributed by atoms with Crippen LogP contribution in [0.2, 0.25) is 5.02 Å². The number of hydrogen-bond acceptors (Lipinski definition) is 3. The van der Waals surface area contributed by atoms with E-state index in [1.165, 1.54) is 0 Å². The molecule has 0 aliphatic carbocycles. The summed E-state index contributed by atoms with van der Waals surface area (Å²) in [4.78, 5) is 14.9. The molecule has 0 saturated carbocycles. The average Bonchev–Trinajstić information content (AvgIpc) is 2.88. The van der Waals surface area contributed by atoms with Crippen LogP contribution >= 0.6 is 11.6 Å². The molecule has 1 aliphatic heterocycles. The Kier molecular flexibility index (Phi) is 4.24. The number of benzene rings is 2. The van der Waals surface area contributed by atoms with Crippen molar-refractivity contribution in [1.29, 1.82) is 0 Å². The molecule has 1 amide bonds. The zero-order valence-electron chi connectivity index (χ0n) is 14.0. The van der Waals surface area contributed by atoms with E-state index in [0.29, 0.717) is 18.8 Å². The van der Waals surface area contributed by atoms with Gasteiger partial charge in [0.05, 0.1) is 0 Å². The summed E-state index contributed by atoms with van der Waals surface area (Å²) in [7, 11) is 2.05. The van der Waals surface area contributed by atoms with Crippen LogP contribution in [0.4, 0.5) is 0 Å². The molecule has 0 atom stereocenters. The molecule has 1 aromatic heterocycles. The molecule has 5 heteroatoms. The Balaban J connectivity index is 1.70. The van der Waals surface area contributed by atoms with Gasteiger partial charge < -0.3 is 14.6 Å². The fourth-order valence-electron chi connectivity index (χ4n) is 3.39. The zero-order chi connectivity index (χ0) is 17.4. The molecule has 2 aromatic carbocycles. The van der Waals surface area contributed by atoms with Crippen molar-refractivity contribution in [2.45, 2.75) is 19.5 Å². The van der Waals surface area contributed by atoms with E-state index in [4.69, 9.17) is 16.0 Å². The van der Waals surface area contributed by atoms with E-state index in [9.17, 15) is 4.79 Å². The first-order valence-corrected chi connectivity index (χ1v) is 8.74. The third-order valence-electron chi connectivity index (χ3n) is 4.68. The van der Waals surface area contributed by atoms with Crippen molar-refractivity contribution in [2.75, 3.05) is 13.6 Å². The summed E-state index contributed by atoms with van der Waals surface area (Å²) in [6.07, 6.45) is 0.851. The summed E-state index contributed by atoms with van der Waals surface area (Å²) in [5, 5.41) is 4.70. The van der Waals surface area contributed by atoms with Crippen molar-refractivity contribution >= 4 is 28.5 Å². The second kappa shape index (κ2) is 6.54. The van der Waals surface area contributed by atoms with E-state index in [-0.39, 0.29) is 5.91 Å². The Hall–Kier alpha value is -2.30. The van der Waals surface area contributed by atoms with E-state index in [2.05, 4.69) is 10.2 Å². The van der Waals surface area contributed by atoms with Gasteiger partial charge in [0.15, 0.2) is 5.76 Å². The molecule has 2 heterocycles. The first-order chi connectivity index (χ1) is 12.1. The van der Waals surface area contributed by atoms with Crippen LogP contribution in [0, 0.1) is 0 Å². The van der Waals surface area contributed by atoms with Gasteiger partial charge in [-0.1, -0.05) is 41.9 Å². The molecule has 4 rings (SSSR count). The minimum absolute atomic E-state index is 0.188. The quantitative estimate of drug-likeness (QED) is 0.773. The minimum Gasteiger partial charge on any atom is -0.451 e. The van der Waals surface area contributed by atoms with Gasteiger partial charge in [-0.2, -0.15) is 0 Å². The van der Waals surface area contributed by atoms with Gasteiger partial charge in [0.2, 0.25) is 0 Å². The maximum atomic E-state index is 12.8. The van der Waals surface area contributed by atoms with Gasteiger partial charge in [0.1, 0.15) is 5.58 Å². The molecule has 4 nitrogen and oxygen atoms in total. The third-order valence-corrected chi connectivity index (χ3v) is 5.03. The smallest absolute Gasteiger partial charge is 0.287 e. The molecular weight excluding hydrogens is 336 g/mol. The van der Waals surface area contributed by atoms with Crippen LogP contribution in [0.25, 0.3) is 11.0 Å². The van der Waals surface area contributed by atoms with Crippen molar-refractivity contribution in [3.8, 4) is 0 Å². The highest BCUT2D eigenvalue weighted by Gasteiger charge is 2.26. The van der Waals surface area contributed by atoms with Gasteiger partial charge in [0, 0.05) is 35.6 Å². The predicted octanol–water partition coefficient (Wildman–Crippen LogP) is 4.00. The molecule has 3 aromatic rings. The van der Waals surface area contributed by atoms with Gasteiger partial charge in [-0.25, -0.2) is 0 Å². The molecule has 0 bridgehead atoms. The molecule has 0 fully saturated rings. The lowest BCUT2D eigenvalue weighted by Crippen LogP contribution is -2.25. The number of amides is 1. The lowest BCUT2D eigenvalue weighted by molar-refractivity contribution is 0.0923. The predicted molar refractivity (Wildman–Crippen MR) is 98.9 cm³/mol. The number of rotatable bonds is 3. The Morgan fingerprint density at radius 2 is 2.00 bits per heavy atom. The summed E-state index contributed by atoms with van der Waals surface area (Å²) in [5.41, 5.74) is 3.79. The number of furan rings is 1. The first kappa shape index (κ1) is 16.2. The number of likely N-dealkylation sites (N-methyl/N-ethyl adjacent to an activating group) is 1. The summed E-state index contributed by atoms with van der Waals surface area (Å²) < 4.78 is 5.92. The molecule has 1 aliphatic rings. The maximum Gasteiger partial charge on any atom is 0.287 e. The molecule has 1 N–H and O–H groups in total. The fourth-order valence-corrected chi connectivity index (χ4v) is 3.64. The number of hydrogen-bond donors (Lipinski definition) is 1. The monoisotopic (exact) mass is 354 g/mol. The number of nitrogens with zero attached hydrogens (tertiary/aromatic N) is 1. The van der Waals surface area contributed by atoms with E-state index in [1.54, 1.807) is 0 Å². The minimum atomic E-state index is -0.188. The number of carbonyl (C=O) groups excluding carboxylic acids is 1. The first-order valence-electron chi connectivity index (χ1n) is 8.37. The number of nitrogens with one attached hydrogen (secondary N) is 1. The Morgan fingerprint density at radius 3 is 2.80 bits per heavy atom. The molecule has 0 unspecified atom stereocenters. The lowest BCUT2D eigenvalue weighted by Gasteiger charge is -2.13. The SMILES string of the molecule is CN1CCc2c(Cl)ccc3oc(C(=O)NCc4ccccc4)c(c23)C1. The lowest BCUT2D eigenvalue weighted by atomic mass is 10.0. The van der Waals surface area contributed by atoms with Gasteiger partial charge in [-0.15, -0.1) is 0 Å². The average molecular weight is 355 g/mol. The van der Waals surface area contributed by atoms with Crippen molar-refractivity contribution in [2.24, 2.45) is 0 Å². The second-order valence-electron chi connectivity index (χ2n) is 6.46. The van der Waals surface area contributed by atoms with Crippen LogP contribution < -0.4 is 5.32 Å². The maximum absolute atomic E-state index is 12.8. The normalized spacial score (nSPS) is 14.5. The van der Waals surface area contributed by atoms with Crippen LogP contribution in [-0.4, -0.2) is 24.4 Å². The van der Waals surface area contributed by atoms with Gasteiger partial charge in [-0.05, 0) is 36.7 Å². The van der Waals surface area contributed by atoms with Gasteiger partial charge in [0.25, 0.3) is 5.91 Å². The molecule has 0 spiro atoms. The topological polar surface area (TPSA) is 45.5 Å². The van der Waals surface area contributed by atoms with E-state index >= 15 is 0 Å². The van der Waals surface area contributed by atoms with Crippen molar-refractivity contribution in [1.82, 2.24) is 10.2 Å². The highest BCUT2D eigenvalue weighted by Crippen LogP contribution is 2.36. The summed E-state index contributed by atoms with van der Waals surface area (Å²) in [6, 6.07) is 13.5. The molecular formula is C20H19ClN2O2. The van der Waals surface area contributed by atoms with Crippen LogP contribution in [0.3, 0.4) is 0 Å². The molecule has 25 heavy (non-hydrogen) atoms. The van der Waals surface area contributed by atoms with Gasteiger partial charge >= 0.3 is 0 Å². The Labute approximate surface area is 151 Å². The van der Waals surface area contributed by atoms with Crippen molar-refractivity contribution in [3.05, 3.63) is 69.9 Å². The van der Waals surface area contributed by atoms with Crippen molar-refractivity contribution in [3.63, 3.8) is 0 Å². The fraction of sp³-hybridized carbons (Fsp3) is 0.250. The standard InChI is InChI=1S/C20H19ClN2O2/c1-23-10-9-14-16(21)7-8-17-18(14)15(12-23)19(25-17)20(24)22-11-13-5-3-2-4-6-13/h2-8H,9-12H2,1H3,(H,22,24). The highest BCUT2D eigenvalue weighted by molar-refractivity contribution is 6.32. The van der Waals surface area contributed by atoms with E-state index < -0.39 is 0 Å². The highest BCUT2D eigenvalue weighted by atomic mass is 35.5. The van der Waals surface area contributed by atoms with E-state index in [1.807, 2.05) is 49.5 Å². The molecule has 0 radical (unpaired) electrons. The van der Waals surface area contributed by atoms with Crippen LogP contribution in [0.15, 0.2) is 46.9 Å². The van der Waals surface area contributed by atoms with Crippen molar-refractivity contribution < 1.29 is 9.21 Å².